The van der Waals surface area contributed by atoms with Crippen LogP contribution in [0.25, 0.3) is 5.69 Å². The lowest BCUT2D eigenvalue weighted by molar-refractivity contribution is 0.143. The van der Waals surface area contributed by atoms with Gasteiger partial charge in [-0.15, -0.1) is 11.3 Å². The molecule has 0 bridgehead atoms. The van der Waals surface area contributed by atoms with Crippen molar-refractivity contribution < 1.29 is 0 Å². The molecule has 0 saturated heterocycles. The highest BCUT2D eigenvalue weighted by Gasteiger charge is 2.25. The highest BCUT2D eigenvalue weighted by molar-refractivity contribution is 7.71. The Hall–Kier alpha value is -1.83. The van der Waals surface area contributed by atoms with E-state index in [0.717, 1.165) is 18.7 Å². The van der Waals surface area contributed by atoms with Crippen LogP contribution in [0, 0.1) is 4.77 Å². The lowest BCUT2D eigenvalue weighted by atomic mass is 10.0. The number of benzene rings is 1. The van der Waals surface area contributed by atoms with Crippen LogP contribution in [0.5, 0.6) is 0 Å². The molecule has 0 N–H and O–H groups in total. The molecule has 5 nitrogen and oxygen atoms in total. The average Bonchev–Trinajstić information content (AvgIpc) is 3.19. The molecule has 4 rings (SSSR count). The van der Waals surface area contributed by atoms with Crippen LogP contribution < -0.4 is 0 Å². The van der Waals surface area contributed by atoms with Crippen LogP contribution in [0.4, 0.5) is 0 Å². The standard InChI is InChI=1S/C16H17N5S2/c1-12-14-8-10-23-15(14)7-9-19(12)11-20-16(22)21(18-17-20)13-5-3-2-4-6-13/h2-6,8,10,12H,7,9,11H2,1H3/t12-/m0/s1. The smallest absolute Gasteiger partial charge is 0.221 e. The molecule has 1 aromatic carbocycles. The SMILES string of the molecule is C[C@H]1c2ccsc2CCN1Cn1nnn(-c2ccccc2)c1=S. The monoisotopic (exact) mass is 343 g/mol. The molecule has 0 unspecified atom stereocenters. The first-order chi connectivity index (χ1) is 11.2. The first-order valence-corrected chi connectivity index (χ1v) is 8.91. The van der Waals surface area contributed by atoms with Crippen molar-refractivity contribution in [2.45, 2.75) is 26.1 Å². The molecular formula is C16H17N5S2. The molecule has 0 fully saturated rings. The summed E-state index contributed by atoms with van der Waals surface area (Å²) in [7, 11) is 0. The van der Waals surface area contributed by atoms with Crippen molar-refractivity contribution in [1.29, 1.82) is 0 Å². The van der Waals surface area contributed by atoms with Crippen LogP contribution in [0.1, 0.15) is 23.4 Å². The number of aromatic nitrogens is 4. The second-order valence-electron chi connectivity index (χ2n) is 5.69. The van der Waals surface area contributed by atoms with Crippen LogP contribution in [0.2, 0.25) is 0 Å². The lowest BCUT2D eigenvalue weighted by Crippen LogP contribution is -2.35. The van der Waals surface area contributed by atoms with Gasteiger partial charge in [-0.3, -0.25) is 4.90 Å². The van der Waals surface area contributed by atoms with Crippen molar-refractivity contribution in [2.75, 3.05) is 6.54 Å². The van der Waals surface area contributed by atoms with Crippen LogP contribution in [0.15, 0.2) is 41.8 Å². The number of nitrogens with zero attached hydrogens (tertiary/aromatic N) is 5. The van der Waals surface area contributed by atoms with E-state index in [1.165, 1.54) is 10.4 Å². The molecule has 23 heavy (non-hydrogen) atoms. The molecule has 0 aliphatic carbocycles. The van der Waals surface area contributed by atoms with Gasteiger partial charge in [0.1, 0.15) is 0 Å². The molecule has 2 aromatic heterocycles. The molecule has 0 saturated carbocycles. The number of hydrogen-bond donors (Lipinski definition) is 0. The Morgan fingerprint density at radius 3 is 2.87 bits per heavy atom. The number of para-hydroxylation sites is 1. The summed E-state index contributed by atoms with van der Waals surface area (Å²) in [5.41, 5.74) is 2.37. The van der Waals surface area contributed by atoms with Crippen molar-refractivity contribution in [1.82, 2.24) is 24.7 Å². The third kappa shape index (κ3) is 2.65. The molecule has 1 aliphatic heterocycles. The largest absolute Gasteiger partial charge is 0.277 e. The van der Waals surface area contributed by atoms with E-state index in [2.05, 4.69) is 33.7 Å². The summed E-state index contributed by atoms with van der Waals surface area (Å²) >= 11 is 7.41. The minimum absolute atomic E-state index is 0.383. The molecule has 0 spiro atoms. The van der Waals surface area contributed by atoms with E-state index in [-0.39, 0.29) is 0 Å². The average molecular weight is 343 g/mol. The number of thiophene rings is 1. The highest BCUT2D eigenvalue weighted by Crippen LogP contribution is 2.32. The minimum atomic E-state index is 0.383. The molecule has 118 valence electrons. The summed E-state index contributed by atoms with van der Waals surface area (Å²) in [5.74, 6) is 0. The molecule has 1 atom stereocenters. The first kappa shape index (κ1) is 14.7. The van der Waals surface area contributed by atoms with Gasteiger partial charge in [-0.05, 0) is 65.1 Å². The third-order valence-corrected chi connectivity index (χ3v) is 5.74. The molecule has 0 amide bonds. The summed E-state index contributed by atoms with van der Waals surface area (Å²) < 4.78 is 4.13. The summed E-state index contributed by atoms with van der Waals surface area (Å²) in [5, 5.41) is 10.6. The van der Waals surface area contributed by atoms with Gasteiger partial charge < -0.3 is 0 Å². The number of hydrogen-bond acceptors (Lipinski definition) is 5. The van der Waals surface area contributed by atoms with Gasteiger partial charge in [-0.25, -0.2) is 4.68 Å². The Labute approximate surface area is 143 Å². The predicted molar refractivity (Wildman–Crippen MR) is 93.3 cm³/mol. The second-order valence-corrected chi connectivity index (χ2v) is 7.05. The first-order valence-electron chi connectivity index (χ1n) is 7.62. The van der Waals surface area contributed by atoms with Crippen molar-refractivity contribution in [3.63, 3.8) is 0 Å². The van der Waals surface area contributed by atoms with E-state index >= 15 is 0 Å². The van der Waals surface area contributed by atoms with E-state index in [0.29, 0.717) is 17.5 Å². The zero-order chi connectivity index (χ0) is 15.8. The van der Waals surface area contributed by atoms with Gasteiger partial charge in [0.05, 0.1) is 12.4 Å². The van der Waals surface area contributed by atoms with Gasteiger partial charge in [0.2, 0.25) is 4.77 Å². The molecule has 0 radical (unpaired) electrons. The summed E-state index contributed by atoms with van der Waals surface area (Å²) in [6, 6.07) is 12.5. The van der Waals surface area contributed by atoms with Gasteiger partial charge in [0, 0.05) is 17.5 Å². The summed E-state index contributed by atoms with van der Waals surface area (Å²) in [6.07, 6.45) is 1.09. The van der Waals surface area contributed by atoms with E-state index < -0.39 is 0 Å². The number of rotatable bonds is 3. The zero-order valence-electron chi connectivity index (χ0n) is 12.8. The van der Waals surface area contributed by atoms with E-state index in [1.54, 1.807) is 9.36 Å². The van der Waals surface area contributed by atoms with Crippen molar-refractivity contribution >= 4 is 23.6 Å². The fourth-order valence-corrected chi connectivity index (χ4v) is 4.22. The molecule has 3 heterocycles. The predicted octanol–water partition coefficient (Wildman–Crippen LogP) is 3.44. The van der Waals surface area contributed by atoms with Crippen LogP contribution in [-0.2, 0) is 13.1 Å². The van der Waals surface area contributed by atoms with Gasteiger partial charge in [0.25, 0.3) is 0 Å². The minimum Gasteiger partial charge on any atom is -0.277 e. The Kier molecular flexibility index (Phi) is 3.84. The maximum Gasteiger partial charge on any atom is 0.221 e. The van der Waals surface area contributed by atoms with E-state index in [4.69, 9.17) is 12.2 Å². The summed E-state index contributed by atoms with van der Waals surface area (Å²) in [6.45, 7) is 3.94. The van der Waals surface area contributed by atoms with Gasteiger partial charge in [-0.2, -0.15) is 4.68 Å². The third-order valence-electron chi connectivity index (χ3n) is 4.36. The van der Waals surface area contributed by atoms with Crippen LogP contribution in [0.3, 0.4) is 0 Å². The Morgan fingerprint density at radius 1 is 1.22 bits per heavy atom. The van der Waals surface area contributed by atoms with Crippen molar-refractivity contribution in [3.8, 4) is 5.69 Å². The maximum atomic E-state index is 5.55. The van der Waals surface area contributed by atoms with Gasteiger partial charge in [0.15, 0.2) is 0 Å². The van der Waals surface area contributed by atoms with Crippen LogP contribution >= 0.6 is 23.6 Å². The summed E-state index contributed by atoms with van der Waals surface area (Å²) in [4.78, 5) is 3.90. The highest BCUT2D eigenvalue weighted by atomic mass is 32.1. The van der Waals surface area contributed by atoms with Crippen molar-refractivity contribution in [2.24, 2.45) is 0 Å². The fourth-order valence-electron chi connectivity index (χ4n) is 3.02. The van der Waals surface area contributed by atoms with Gasteiger partial charge in [-0.1, -0.05) is 18.2 Å². The van der Waals surface area contributed by atoms with E-state index in [1.807, 2.05) is 41.7 Å². The Morgan fingerprint density at radius 2 is 2.04 bits per heavy atom. The second kappa shape index (κ2) is 5.99. The van der Waals surface area contributed by atoms with Crippen molar-refractivity contribution in [3.05, 3.63) is 57.0 Å². The lowest BCUT2D eigenvalue weighted by Gasteiger charge is -2.32. The van der Waals surface area contributed by atoms with Gasteiger partial charge >= 0.3 is 0 Å². The molecule has 3 aromatic rings. The zero-order valence-corrected chi connectivity index (χ0v) is 14.4. The quantitative estimate of drug-likeness (QED) is 0.683. The Balaban J connectivity index is 1.59. The number of tetrazole rings is 1. The topological polar surface area (TPSA) is 38.9 Å². The maximum absolute atomic E-state index is 5.55. The normalized spacial score (nSPS) is 18.0. The molecule has 7 heteroatoms. The van der Waals surface area contributed by atoms with E-state index in [9.17, 15) is 0 Å². The van der Waals surface area contributed by atoms with Crippen LogP contribution in [-0.4, -0.2) is 31.2 Å². The number of fused-ring (bicyclic) bond motifs is 1. The Bertz CT molecular complexity index is 864. The molecule has 1 aliphatic rings. The fraction of sp³-hybridized carbons (Fsp3) is 0.312. The molecular weight excluding hydrogens is 326 g/mol.